The molecule has 0 saturated heterocycles. The number of aromatic nitrogens is 1. The molecular weight excluding hydrogens is 218 g/mol. The van der Waals surface area contributed by atoms with Gasteiger partial charge >= 0.3 is 0 Å². The Morgan fingerprint density at radius 3 is 2.76 bits per heavy atom. The summed E-state index contributed by atoms with van der Waals surface area (Å²) in [6.45, 7) is 8.01. The van der Waals surface area contributed by atoms with Crippen molar-refractivity contribution in [2.75, 3.05) is 19.6 Å². The average molecular weight is 239 g/mol. The van der Waals surface area contributed by atoms with E-state index in [1.54, 1.807) is 11.0 Å². The highest BCUT2D eigenvalue weighted by Gasteiger charge is 2.25. The molecule has 0 aliphatic carbocycles. The zero-order valence-electron chi connectivity index (χ0n) is 10.8. The molecule has 0 aliphatic rings. The van der Waals surface area contributed by atoms with E-state index in [2.05, 4.69) is 5.16 Å². The predicted molar refractivity (Wildman–Crippen MR) is 65.5 cm³/mol. The van der Waals surface area contributed by atoms with Crippen LogP contribution in [0.4, 0.5) is 0 Å². The Balaban J connectivity index is 2.75. The van der Waals surface area contributed by atoms with Crippen LogP contribution in [-0.4, -0.2) is 35.6 Å². The van der Waals surface area contributed by atoms with Gasteiger partial charge in [-0.15, -0.1) is 0 Å². The van der Waals surface area contributed by atoms with Crippen molar-refractivity contribution in [1.29, 1.82) is 0 Å². The molecule has 0 unspecified atom stereocenters. The van der Waals surface area contributed by atoms with E-state index in [4.69, 9.17) is 10.3 Å². The van der Waals surface area contributed by atoms with Crippen molar-refractivity contribution in [3.05, 3.63) is 18.0 Å². The predicted octanol–water partition coefficient (Wildman–Crippen LogP) is 1.51. The fourth-order valence-corrected chi connectivity index (χ4v) is 1.59. The third kappa shape index (κ3) is 3.85. The number of rotatable bonds is 6. The maximum absolute atomic E-state index is 12.2. The van der Waals surface area contributed by atoms with E-state index in [-0.39, 0.29) is 11.3 Å². The summed E-state index contributed by atoms with van der Waals surface area (Å²) in [5.74, 6) is -0.0953. The lowest BCUT2D eigenvalue weighted by atomic mass is 9.93. The van der Waals surface area contributed by atoms with Gasteiger partial charge in [-0.2, -0.15) is 0 Å². The Morgan fingerprint density at radius 1 is 1.59 bits per heavy atom. The number of hydrogen-bond donors (Lipinski definition) is 1. The topological polar surface area (TPSA) is 72.4 Å². The summed E-state index contributed by atoms with van der Waals surface area (Å²) in [7, 11) is 0. The first kappa shape index (κ1) is 13.7. The number of nitrogens with two attached hydrogens (primary N) is 1. The second-order valence-corrected chi connectivity index (χ2v) is 4.98. The summed E-state index contributed by atoms with van der Waals surface area (Å²) in [6.07, 6.45) is 2.32. The SMILES string of the molecule is CCCN(CC(C)(C)CN)C(=O)c1ccon1. The van der Waals surface area contributed by atoms with Gasteiger partial charge in [0.15, 0.2) is 5.69 Å². The summed E-state index contributed by atoms with van der Waals surface area (Å²) in [4.78, 5) is 13.9. The van der Waals surface area contributed by atoms with Gasteiger partial charge in [-0.3, -0.25) is 4.79 Å². The van der Waals surface area contributed by atoms with Crippen LogP contribution in [-0.2, 0) is 0 Å². The minimum absolute atomic E-state index is 0.0887. The average Bonchev–Trinajstić information content (AvgIpc) is 2.81. The van der Waals surface area contributed by atoms with Crippen LogP contribution < -0.4 is 5.73 Å². The Morgan fingerprint density at radius 2 is 2.29 bits per heavy atom. The number of hydrogen-bond acceptors (Lipinski definition) is 4. The fraction of sp³-hybridized carbons (Fsp3) is 0.667. The molecule has 0 saturated carbocycles. The van der Waals surface area contributed by atoms with Crippen LogP contribution in [0.3, 0.4) is 0 Å². The minimum atomic E-state index is -0.0953. The van der Waals surface area contributed by atoms with Gasteiger partial charge < -0.3 is 15.2 Å². The lowest BCUT2D eigenvalue weighted by Gasteiger charge is -2.31. The highest BCUT2D eigenvalue weighted by atomic mass is 16.5. The maximum atomic E-state index is 12.2. The monoisotopic (exact) mass is 239 g/mol. The Hall–Kier alpha value is -1.36. The van der Waals surface area contributed by atoms with Crippen LogP contribution in [0.1, 0.15) is 37.7 Å². The molecule has 1 rings (SSSR count). The minimum Gasteiger partial charge on any atom is -0.364 e. The number of carbonyl (C=O) groups excluding carboxylic acids is 1. The molecule has 0 aliphatic heterocycles. The molecule has 0 fully saturated rings. The van der Waals surface area contributed by atoms with Gasteiger partial charge in [-0.25, -0.2) is 0 Å². The zero-order chi connectivity index (χ0) is 12.9. The van der Waals surface area contributed by atoms with Crippen LogP contribution in [0, 0.1) is 5.41 Å². The van der Waals surface area contributed by atoms with Crippen molar-refractivity contribution in [2.24, 2.45) is 11.1 Å². The lowest BCUT2D eigenvalue weighted by molar-refractivity contribution is 0.0679. The molecule has 0 spiro atoms. The van der Waals surface area contributed by atoms with Gasteiger partial charge in [0, 0.05) is 19.2 Å². The van der Waals surface area contributed by atoms with Crippen molar-refractivity contribution >= 4 is 5.91 Å². The van der Waals surface area contributed by atoms with Crippen LogP contribution in [0.2, 0.25) is 0 Å². The third-order valence-corrected chi connectivity index (χ3v) is 2.61. The summed E-state index contributed by atoms with van der Waals surface area (Å²) >= 11 is 0. The summed E-state index contributed by atoms with van der Waals surface area (Å²) < 4.78 is 4.70. The summed E-state index contributed by atoms with van der Waals surface area (Å²) in [6, 6.07) is 1.58. The largest absolute Gasteiger partial charge is 0.364 e. The first-order chi connectivity index (χ1) is 8.00. The molecular formula is C12H21N3O2. The van der Waals surface area contributed by atoms with E-state index in [9.17, 15) is 4.79 Å². The van der Waals surface area contributed by atoms with Gasteiger partial charge in [-0.05, 0) is 18.4 Å². The molecule has 0 bridgehead atoms. The smallest absolute Gasteiger partial charge is 0.276 e. The molecule has 17 heavy (non-hydrogen) atoms. The van der Waals surface area contributed by atoms with Crippen LogP contribution in [0.15, 0.2) is 16.9 Å². The standard InChI is InChI=1S/C12H21N3O2/c1-4-6-15(9-12(2,3)8-13)11(16)10-5-7-17-14-10/h5,7H,4,6,8-9,13H2,1-3H3. The summed E-state index contributed by atoms with van der Waals surface area (Å²) in [5.41, 5.74) is 5.96. The number of amides is 1. The van der Waals surface area contributed by atoms with Crippen molar-refractivity contribution < 1.29 is 9.32 Å². The Kier molecular flexibility index (Phi) is 4.69. The normalized spacial score (nSPS) is 11.5. The van der Waals surface area contributed by atoms with Crippen LogP contribution in [0.25, 0.3) is 0 Å². The number of nitrogens with zero attached hydrogens (tertiary/aromatic N) is 2. The van der Waals surface area contributed by atoms with Crippen molar-refractivity contribution in [3.63, 3.8) is 0 Å². The Labute approximate surface area is 102 Å². The van der Waals surface area contributed by atoms with E-state index in [1.165, 1.54) is 6.26 Å². The van der Waals surface area contributed by atoms with E-state index in [0.29, 0.717) is 25.3 Å². The van der Waals surface area contributed by atoms with Gasteiger partial charge in [0.25, 0.3) is 5.91 Å². The molecule has 5 nitrogen and oxygen atoms in total. The molecule has 5 heteroatoms. The molecule has 0 radical (unpaired) electrons. The van der Waals surface area contributed by atoms with Gasteiger partial charge in [0.1, 0.15) is 6.26 Å². The van der Waals surface area contributed by atoms with Gasteiger partial charge in [-0.1, -0.05) is 25.9 Å². The van der Waals surface area contributed by atoms with Crippen molar-refractivity contribution in [1.82, 2.24) is 10.1 Å². The second kappa shape index (κ2) is 5.82. The molecule has 0 aromatic carbocycles. The maximum Gasteiger partial charge on any atom is 0.276 e. The molecule has 1 heterocycles. The molecule has 1 aromatic heterocycles. The highest BCUT2D eigenvalue weighted by molar-refractivity contribution is 5.92. The molecule has 1 amide bonds. The molecule has 2 N–H and O–H groups in total. The zero-order valence-corrected chi connectivity index (χ0v) is 10.8. The third-order valence-electron chi connectivity index (χ3n) is 2.61. The summed E-state index contributed by atoms with van der Waals surface area (Å²) in [5, 5.41) is 3.68. The van der Waals surface area contributed by atoms with Crippen LogP contribution in [0.5, 0.6) is 0 Å². The van der Waals surface area contributed by atoms with Crippen molar-refractivity contribution in [3.8, 4) is 0 Å². The van der Waals surface area contributed by atoms with E-state index in [1.807, 2.05) is 20.8 Å². The van der Waals surface area contributed by atoms with Crippen LogP contribution >= 0.6 is 0 Å². The first-order valence-electron chi connectivity index (χ1n) is 5.90. The molecule has 1 aromatic rings. The lowest BCUT2D eigenvalue weighted by Crippen LogP contribution is -2.42. The fourth-order valence-electron chi connectivity index (χ4n) is 1.59. The number of carbonyl (C=O) groups is 1. The van der Waals surface area contributed by atoms with Gasteiger partial charge in [0.05, 0.1) is 0 Å². The molecule has 96 valence electrons. The van der Waals surface area contributed by atoms with Gasteiger partial charge in [0.2, 0.25) is 0 Å². The molecule has 0 atom stereocenters. The van der Waals surface area contributed by atoms with E-state index < -0.39 is 0 Å². The van der Waals surface area contributed by atoms with E-state index >= 15 is 0 Å². The quantitative estimate of drug-likeness (QED) is 0.816. The second-order valence-electron chi connectivity index (χ2n) is 4.98. The highest BCUT2D eigenvalue weighted by Crippen LogP contribution is 2.16. The first-order valence-corrected chi connectivity index (χ1v) is 5.90. The van der Waals surface area contributed by atoms with Crippen molar-refractivity contribution in [2.45, 2.75) is 27.2 Å². The van der Waals surface area contributed by atoms with E-state index in [0.717, 1.165) is 6.42 Å². The Bertz CT molecular complexity index is 347.